The average molecular weight is 394 g/mol. The zero-order valence-corrected chi connectivity index (χ0v) is 16.9. The SMILES string of the molecule is CCCCS(=O)(=O)N1CCC(C(=O)N2C[C@@H](N)[C@H](c3ccccc3)C2)CC1. The Morgan fingerprint density at radius 3 is 2.44 bits per heavy atom. The number of carbonyl (C=O) groups excluding carboxylic acids is 1. The molecule has 1 aromatic rings. The Bertz CT molecular complexity index is 730. The van der Waals surface area contributed by atoms with E-state index in [1.165, 1.54) is 5.56 Å². The first kappa shape index (κ1) is 20.3. The summed E-state index contributed by atoms with van der Waals surface area (Å²) in [5.41, 5.74) is 7.49. The van der Waals surface area contributed by atoms with Crippen molar-refractivity contribution < 1.29 is 13.2 Å². The second-order valence-electron chi connectivity index (χ2n) is 7.77. The van der Waals surface area contributed by atoms with Crippen LogP contribution in [-0.4, -0.2) is 61.5 Å². The maximum absolute atomic E-state index is 13.0. The van der Waals surface area contributed by atoms with E-state index in [0.29, 0.717) is 45.4 Å². The molecule has 0 saturated carbocycles. The van der Waals surface area contributed by atoms with Gasteiger partial charge in [-0.3, -0.25) is 4.79 Å². The topological polar surface area (TPSA) is 83.7 Å². The number of benzene rings is 1. The molecule has 150 valence electrons. The van der Waals surface area contributed by atoms with Gasteiger partial charge in [-0.15, -0.1) is 0 Å². The lowest BCUT2D eigenvalue weighted by molar-refractivity contribution is -0.135. The molecule has 2 saturated heterocycles. The fourth-order valence-electron chi connectivity index (χ4n) is 4.16. The average Bonchev–Trinajstić information content (AvgIpc) is 3.08. The van der Waals surface area contributed by atoms with Crippen LogP contribution >= 0.6 is 0 Å². The Balaban J connectivity index is 1.55. The minimum atomic E-state index is -3.18. The summed E-state index contributed by atoms with van der Waals surface area (Å²) in [5, 5.41) is 0. The number of nitrogens with zero attached hydrogens (tertiary/aromatic N) is 2. The van der Waals surface area contributed by atoms with Crippen LogP contribution in [0.4, 0.5) is 0 Å². The number of hydrogen-bond acceptors (Lipinski definition) is 4. The third-order valence-electron chi connectivity index (χ3n) is 5.86. The lowest BCUT2D eigenvalue weighted by Gasteiger charge is -2.32. The van der Waals surface area contributed by atoms with Crippen molar-refractivity contribution in [3.05, 3.63) is 35.9 Å². The highest BCUT2D eigenvalue weighted by atomic mass is 32.2. The predicted molar refractivity (Wildman–Crippen MR) is 107 cm³/mol. The molecule has 6 nitrogen and oxygen atoms in total. The Morgan fingerprint density at radius 1 is 1.15 bits per heavy atom. The molecule has 2 N–H and O–H groups in total. The Labute approximate surface area is 162 Å². The van der Waals surface area contributed by atoms with E-state index in [4.69, 9.17) is 5.73 Å². The maximum atomic E-state index is 13.0. The quantitative estimate of drug-likeness (QED) is 0.798. The second-order valence-corrected chi connectivity index (χ2v) is 9.86. The van der Waals surface area contributed by atoms with E-state index < -0.39 is 10.0 Å². The number of likely N-dealkylation sites (tertiary alicyclic amines) is 1. The Hall–Kier alpha value is -1.44. The molecule has 2 fully saturated rings. The summed E-state index contributed by atoms with van der Waals surface area (Å²) >= 11 is 0. The number of sulfonamides is 1. The molecule has 7 heteroatoms. The minimum absolute atomic E-state index is 0.0501. The molecule has 1 amide bonds. The summed E-state index contributed by atoms with van der Waals surface area (Å²) in [6, 6.07) is 10.1. The summed E-state index contributed by atoms with van der Waals surface area (Å²) < 4.78 is 26.2. The van der Waals surface area contributed by atoms with Gasteiger partial charge in [0.2, 0.25) is 15.9 Å². The largest absolute Gasteiger partial charge is 0.340 e. The lowest BCUT2D eigenvalue weighted by Crippen LogP contribution is -2.44. The molecule has 0 aliphatic carbocycles. The van der Waals surface area contributed by atoms with Gasteiger partial charge < -0.3 is 10.6 Å². The van der Waals surface area contributed by atoms with Gasteiger partial charge in [-0.05, 0) is 24.8 Å². The van der Waals surface area contributed by atoms with Crippen LogP contribution in [0.5, 0.6) is 0 Å². The molecule has 0 radical (unpaired) electrons. The monoisotopic (exact) mass is 393 g/mol. The number of amides is 1. The number of unbranched alkanes of at least 4 members (excludes halogenated alkanes) is 1. The van der Waals surface area contributed by atoms with E-state index >= 15 is 0 Å². The molecular formula is C20H31N3O3S. The number of carbonyl (C=O) groups is 1. The number of rotatable bonds is 6. The smallest absolute Gasteiger partial charge is 0.225 e. The number of hydrogen-bond donors (Lipinski definition) is 1. The first-order valence-electron chi connectivity index (χ1n) is 9.99. The molecule has 2 aliphatic heterocycles. The molecule has 2 heterocycles. The third kappa shape index (κ3) is 4.70. The van der Waals surface area contributed by atoms with Gasteiger partial charge in [0.25, 0.3) is 0 Å². The van der Waals surface area contributed by atoms with Gasteiger partial charge in [-0.2, -0.15) is 0 Å². The van der Waals surface area contributed by atoms with Crippen molar-refractivity contribution in [2.24, 2.45) is 11.7 Å². The molecule has 1 aromatic carbocycles. The fourth-order valence-corrected chi connectivity index (χ4v) is 5.84. The molecule has 0 unspecified atom stereocenters. The zero-order valence-electron chi connectivity index (χ0n) is 16.1. The van der Waals surface area contributed by atoms with Gasteiger partial charge in [0.1, 0.15) is 0 Å². The highest BCUT2D eigenvalue weighted by Crippen LogP contribution is 2.29. The summed E-state index contributed by atoms with van der Waals surface area (Å²) in [7, 11) is -3.18. The van der Waals surface area contributed by atoms with Crippen molar-refractivity contribution >= 4 is 15.9 Å². The van der Waals surface area contributed by atoms with Crippen molar-refractivity contribution in [1.82, 2.24) is 9.21 Å². The van der Waals surface area contributed by atoms with E-state index in [0.717, 1.165) is 6.42 Å². The van der Waals surface area contributed by atoms with Gasteiger partial charge >= 0.3 is 0 Å². The van der Waals surface area contributed by atoms with Crippen molar-refractivity contribution in [2.45, 2.75) is 44.6 Å². The van der Waals surface area contributed by atoms with Gasteiger partial charge in [0.05, 0.1) is 5.75 Å². The van der Waals surface area contributed by atoms with E-state index in [2.05, 4.69) is 12.1 Å². The van der Waals surface area contributed by atoms with Crippen LogP contribution in [0.25, 0.3) is 0 Å². The van der Waals surface area contributed by atoms with E-state index in [-0.39, 0.29) is 29.5 Å². The van der Waals surface area contributed by atoms with Crippen molar-refractivity contribution in [1.29, 1.82) is 0 Å². The first-order chi connectivity index (χ1) is 12.9. The van der Waals surface area contributed by atoms with Gasteiger partial charge in [-0.25, -0.2) is 12.7 Å². The summed E-state index contributed by atoms with van der Waals surface area (Å²) in [6.45, 7) is 4.12. The Morgan fingerprint density at radius 2 is 1.81 bits per heavy atom. The molecule has 0 bridgehead atoms. The van der Waals surface area contributed by atoms with Crippen molar-refractivity contribution in [2.75, 3.05) is 31.9 Å². The molecule has 0 spiro atoms. The van der Waals surface area contributed by atoms with Crippen molar-refractivity contribution in [3.63, 3.8) is 0 Å². The molecular weight excluding hydrogens is 362 g/mol. The van der Waals surface area contributed by atoms with Crippen LogP contribution < -0.4 is 5.73 Å². The lowest BCUT2D eigenvalue weighted by atomic mass is 9.95. The highest BCUT2D eigenvalue weighted by Gasteiger charge is 2.38. The van der Waals surface area contributed by atoms with E-state index in [1.807, 2.05) is 30.0 Å². The normalized spacial score (nSPS) is 25.0. The highest BCUT2D eigenvalue weighted by molar-refractivity contribution is 7.89. The van der Waals surface area contributed by atoms with Crippen LogP contribution in [-0.2, 0) is 14.8 Å². The molecule has 3 rings (SSSR count). The number of piperidine rings is 1. The van der Waals surface area contributed by atoms with Crippen LogP contribution in [0.3, 0.4) is 0 Å². The standard InChI is InChI=1S/C20H31N3O3S/c1-2-3-13-27(25,26)23-11-9-17(10-12-23)20(24)22-14-18(19(21)15-22)16-7-5-4-6-8-16/h4-8,17-19H,2-3,9-15,21H2,1H3/t18-,19+/m0/s1. The third-order valence-corrected chi connectivity index (χ3v) is 7.81. The van der Waals surface area contributed by atoms with E-state index in [1.54, 1.807) is 4.31 Å². The van der Waals surface area contributed by atoms with Gasteiger partial charge in [0.15, 0.2) is 0 Å². The maximum Gasteiger partial charge on any atom is 0.225 e. The molecule has 2 atom stereocenters. The molecule has 0 aromatic heterocycles. The Kier molecular flexibility index (Phi) is 6.55. The summed E-state index contributed by atoms with van der Waals surface area (Å²) in [5.74, 6) is 0.422. The zero-order chi connectivity index (χ0) is 19.4. The summed E-state index contributed by atoms with van der Waals surface area (Å²) in [4.78, 5) is 14.8. The van der Waals surface area contributed by atoms with Crippen LogP contribution in [0.15, 0.2) is 30.3 Å². The summed E-state index contributed by atoms with van der Waals surface area (Å²) in [6.07, 6.45) is 2.76. The second kappa shape index (κ2) is 8.71. The van der Waals surface area contributed by atoms with Crippen LogP contribution in [0.2, 0.25) is 0 Å². The van der Waals surface area contributed by atoms with Gasteiger partial charge in [0, 0.05) is 44.1 Å². The van der Waals surface area contributed by atoms with Crippen LogP contribution in [0.1, 0.15) is 44.1 Å². The first-order valence-corrected chi connectivity index (χ1v) is 11.6. The van der Waals surface area contributed by atoms with Gasteiger partial charge in [-0.1, -0.05) is 43.7 Å². The fraction of sp³-hybridized carbons (Fsp3) is 0.650. The number of nitrogens with two attached hydrogens (primary N) is 1. The minimum Gasteiger partial charge on any atom is -0.340 e. The van der Waals surface area contributed by atoms with E-state index in [9.17, 15) is 13.2 Å². The van der Waals surface area contributed by atoms with Crippen LogP contribution in [0, 0.1) is 5.92 Å². The molecule has 27 heavy (non-hydrogen) atoms. The van der Waals surface area contributed by atoms with Crippen molar-refractivity contribution in [3.8, 4) is 0 Å². The molecule has 2 aliphatic rings. The predicted octanol–water partition coefficient (Wildman–Crippen LogP) is 1.78.